The van der Waals surface area contributed by atoms with E-state index in [2.05, 4.69) is 25.0 Å². The van der Waals surface area contributed by atoms with E-state index in [-0.39, 0.29) is 0 Å². The Labute approximate surface area is 131 Å². The molecular weight excluding hydrogens is 290 g/mol. The number of nitrogen functional groups attached to an aromatic ring is 1. The Balaban J connectivity index is 1.88. The van der Waals surface area contributed by atoms with E-state index >= 15 is 0 Å². The minimum Gasteiger partial charge on any atom is -0.382 e. The van der Waals surface area contributed by atoms with E-state index < -0.39 is 0 Å². The lowest BCUT2D eigenvalue weighted by Gasteiger charge is -2.05. The summed E-state index contributed by atoms with van der Waals surface area (Å²) in [7, 11) is 0. The fourth-order valence-corrected chi connectivity index (χ4v) is 2.34. The van der Waals surface area contributed by atoms with Crippen LogP contribution in [0.4, 0.5) is 5.82 Å². The van der Waals surface area contributed by atoms with Gasteiger partial charge in [0.15, 0.2) is 5.82 Å². The molecule has 0 aliphatic heterocycles. The molecule has 0 unspecified atom stereocenters. The van der Waals surface area contributed by atoms with Crippen LogP contribution in [0.2, 0.25) is 0 Å². The van der Waals surface area contributed by atoms with Gasteiger partial charge in [0.2, 0.25) is 0 Å². The zero-order chi connectivity index (χ0) is 15.8. The minimum atomic E-state index is 0.424. The van der Waals surface area contributed by atoms with Crippen molar-refractivity contribution in [3.8, 4) is 17.2 Å². The van der Waals surface area contributed by atoms with Crippen molar-refractivity contribution in [1.29, 1.82) is 0 Å². The molecule has 2 N–H and O–H groups in total. The maximum atomic E-state index is 5.72. The summed E-state index contributed by atoms with van der Waals surface area (Å²) >= 11 is 0. The summed E-state index contributed by atoms with van der Waals surface area (Å²) in [6.45, 7) is 1.82. The van der Waals surface area contributed by atoms with Crippen molar-refractivity contribution in [2.45, 2.75) is 6.92 Å². The molecule has 0 saturated heterocycles. The molecule has 0 aromatic carbocycles. The predicted molar refractivity (Wildman–Crippen MR) is 86.8 cm³/mol. The first kappa shape index (κ1) is 13.3. The van der Waals surface area contributed by atoms with Crippen LogP contribution in [0.25, 0.3) is 28.1 Å². The lowest BCUT2D eigenvalue weighted by atomic mass is 10.2. The summed E-state index contributed by atoms with van der Waals surface area (Å²) in [6, 6.07) is 7.62. The Morgan fingerprint density at radius 3 is 2.70 bits per heavy atom. The van der Waals surface area contributed by atoms with Gasteiger partial charge in [-0.3, -0.25) is 4.98 Å². The number of hydrogen-bond donors (Lipinski definition) is 1. The molecule has 0 radical (unpaired) electrons. The van der Waals surface area contributed by atoms with E-state index in [0.29, 0.717) is 22.9 Å². The second-order valence-corrected chi connectivity index (χ2v) is 5.10. The van der Waals surface area contributed by atoms with Crippen molar-refractivity contribution >= 4 is 16.7 Å². The quantitative estimate of drug-likeness (QED) is 0.609. The molecule has 0 aliphatic rings. The van der Waals surface area contributed by atoms with Gasteiger partial charge in [0.25, 0.3) is 0 Å². The van der Waals surface area contributed by atoms with Crippen LogP contribution in [-0.4, -0.2) is 29.7 Å². The first-order valence-corrected chi connectivity index (χ1v) is 7.07. The highest BCUT2D eigenvalue weighted by Gasteiger charge is 2.10. The molecular formula is C16H13N7. The van der Waals surface area contributed by atoms with Gasteiger partial charge in [-0.2, -0.15) is 5.10 Å². The average molecular weight is 303 g/mol. The zero-order valence-corrected chi connectivity index (χ0v) is 12.4. The third-order valence-electron chi connectivity index (χ3n) is 3.57. The Hall–Kier alpha value is -3.35. The number of hydrogen-bond acceptors (Lipinski definition) is 6. The molecule has 23 heavy (non-hydrogen) atoms. The first-order valence-electron chi connectivity index (χ1n) is 7.07. The largest absolute Gasteiger partial charge is 0.382 e. The second-order valence-electron chi connectivity index (χ2n) is 5.10. The van der Waals surface area contributed by atoms with E-state index in [1.54, 1.807) is 29.5 Å². The van der Waals surface area contributed by atoms with Crippen LogP contribution in [0.3, 0.4) is 0 Å². The molecule has 7 nitrogen and oxygen atoms in total. The van der Waals surface area contributed by atoms with Gasteiger partial charge in [0, 0.05) is 17.8 Å². The third kappa shape index (κ3) is 2.28. The van der Waals surface area contributed by atoms with Crippen LogP contribution in [0.5, 0.6) is 0 Å². The zero-order valence-electron chi connectivity index (χ0n) is 12.4. The fraction of sp³-hybridized carbons (Fsp3) is 0.0625. The molecule has 0 fully saturated rings. The number of aryl methyl sites for hydroxylation is 1. The van der Waals surface area contributed by atoms with Gasteiger partial charge < -0.3 is 5.73 Å². The van der Waals surface area contributed by atoms with E-state index in [0.717, 1.165) is 16.7 Å². The molecule has 4 aromatic rings. The van der Waals surface area contributed by atoms with E-state index in [9.17, 15) is 0 Å². The maximum absolute atomic E-state index is 5.72. The highest BCUT2D eigenvalue weighted by molar-refractivity contribution is 5.82. The molecule has 0 spiro atoms. The molecule has 0 amide bonds. The van der Waals surface area contributed by atoms with Gasteiger partial charge in [-0.15, -0.1) is 0 Å². The van der Waals surface area contributed by atoms with Crippen LogP contribution in [-0.2, 0) is 0 Å². The van der Waals surface area contributed by atoms with Crippen molar-refractivity contribution in [3.05, 3.63) is 54.7 Å². The molecule has 7 heteroatoms. The number of nitrogens with two attached hydrogens (primary N) is 1. The first-order chi connectivity index (χ1) is 11.2. The Morgan fingerprint density at radius 1 is 1.00 bits per heavy atom. The predicted octanol–water partition coefficient (Wildman–Crippen LogP) is 2.16. The van der Waals surface area contributed by atoms with Crippen molar-refractivity contribution in [1.82, 2.24) is 29.7 Å². The monoisotopic (exact) mass is 303 g/mol. The molecule has 4 heterocycles. The summed E-state index contributed by atoms with van der Waals surface area (Å²) in [6.07, 6.45) is 6.89. The number of nitrogens with zero attached hydrogens (tertiary/aromatic N) is 6. The summed E-state index contributed by atoms with van der Waals surface area (Å²) in [4.78, 5) is 17.4. The normalized spacial score (nSPS) is 11.0. The molecule has 0 aliphatic carbocycles. The highest BCUT2D eigenvalue weighted by Crippen LogP contribution is 2.22. The van der Waals surface area contributed by atoms with Crippen LogP contribution < -0.4 is 5.73 Å². The van der Waals surface area contributed by atoms with Crippen LogP contribution >= 0.6 is 0 Å². The highest BCUT2D eigenvalue weighted by atomic mass is 15.3. The van der Waals surface area contributed by atoms with Crippen molar-refractivity contribution in [2.75, 3.05) is 5.73 Å². The number of aromatic nitrogens is 6. The van der Waals surface area contributed by atoms with Crippen molar-refractivity contribution in [3.63, 3.8) is 0 Å². The van der Waals surface area contributed by atoms with Crippen LogP contribution in [0.1, 0.15) is 5.69 Å². The summed E-state index contributed by atoms with van der Waals surface area (Å²) in [5.74, 6) is 1.17. The molecule has 0 atom stereocenters. The molecule has 0 saturated carbocycles. The van der Waals surface area contributed by atoms with Gasteiger partial charge >= 0.3 is 0 Å². The number of pyridine rings is 2. The Bertz CT molecular complexity index is 992. The Kier molecular flexibility index (Phi) is 2.97. The number of anilines is 1. The fourth-order valence-electron chi connectivity index (χ4n) is 2.34. The summed E-state index contributed by atoms with van der Waals surface area (Å²) in [5, 5.41) is 5.32. The van der Waals surface area contributed by atoms with Gasteiger partial charge in [-0.05, 0) is 25.1 Å². The standard InChI is InChI=1S/C16H13N7/c1-10-16(17)20-9-13(22-10)12-6-14-11(7-19-12)8-21-23(14)15-4-2-3-5-18-15/h2-9H,1H3,(H2,17,20). The lowest BCUT2D eigenvalue weighted by molar-refractivity contribution is 0.874. The van der Waals surface area contributed by atoms with E-state index in [1.165, 1.54) is 0 Å². The number of rotatable bonds is 2. The van der Waals surface area contributed by atoms with E-state index in [4.69, 9.17) is 5.73 Å². The topological polar surface area (TPSA) is 95.4 Å². The summed E-state index contributed by atoms with van der Waals surface area (Å²) < 4.78 is 1.78. The lowest BCUT2D eigenvalue weighted by Crippen LogP contribution is -2.00. The van der Waals surface area contributed by atoms with Gasteiger partial charge in [0.05, 0.1) is 29.3 Å². The van der Waals surface area contributed by atoms with Gasteiger partial charge in [-0.25, -0.2) is 19.6 Å². The van der Waals surface area contributed by atoms with Crippen molar-refractivity contribution < 1.29 is 0 Å². The molecule has 4 aromatic heterocycles. The smallest absolute Gasteiger partial charge is 0.153 e. The summed E-state index contributed by atoms with van der Waals surface area (Å²) in [5.41, 5.74) is 8.70. The van der Waals surface area contributed by atoms with Crippen LogP contribution in [0.15, 0.2) is 49.1 Å². The average Bonchev–Trinajstić information content (AvgIpc) is 3.01. The second kappa shape index (κ2) is 5.13. The van der Waals surface area contributed by atoms with Crippen molar-refractivity contribution in [2.24, 2.45) is 0 Å². The number of fused-ring (bicyclic) bond motifs is 1. The molecule has 112 valence electrons. The Morgan fingerprint density at radius 2 is 1.91 bits per heavy atom. The third-order valence-corrected chi connectivity index (χ3v) is 3.57. The minimum absolute atomic E-state index is 0.424. The van der Waals surface area contributed by atoms with Gasteiger partial charge in [0.1, 0.15) is 11.5 Å². The van der Waals surface area contributed by atoms with Crippen LogP contribution in [0, 0.1) is 6.92 Å². The SMILES string of the molecule is Cc1nc(-c2cc3c(cn2)cnn3-c2ccccn2)cnc1N. The van der Waals surface area contributed by atoms with E-state index in [1.807, 2.05) is 31.2 Å². The maximum Gasteiger partial charge on any atom is 0.153 e. The molecule has 4 rings (SSSR count). The van der Waals surface area contributed by atoms with Gasteiger partial charge in [-0.1, -0.05) is 6.07 Å². The molecule has 0 bridgehead atoms.